The maximum absolute atomic E-state index is 13.5. The van der Waals surface area contributed by atoms with E-state index in [1.807, 2.05) is 30.3 Å². The van der Waals surface area contributed by atoms with Crippen LogP contribution < -0.4 is 10.3 Å². The Labute approximate surface area is 197 Å². The summed E-state index contributed by atoms with van der Waals surface area (Å²) in [6, 6.07) is 15.6. The predicted octanol–water partition coefficient (Wildman–Crippen LogP) is 4.70. The summed E-state index contributed by atoms with van der Waals surface area (Å²) in [6.07, 6.45) is -3.06. The van der Waals surface area contributed by atoms with Crippen LogP contribution >= 0.6 is 0 Å². The molecule has 0 aliphatic rings. The van der Waals surface area contributed by atoms with Crippen molar-refractivity contribution in [1.82, 2.24) is 9.55 Å². The Morgan fingerprint density at radius 1 is 1.09 bits per heavy atom. The van der Waals surface area contributed by atoms with Crippen molar-refractivity contribution in [2.75, 3.05) is 7.11 Å². The second kappa shape index (κ2) is 9.49. The molecule has 4 rings (SSSR count). The molecule has 0 saturated heterocycles. The summed E-state index contributed by atoms with van der Waals surface area (Å²) in [5, 5.41) is 10.9. The van der Waals surface area contributed by atoms with E-state index in [-0.39, 0.29) is 28.7 Å². The number of aromatic hydroxyl groups is 1. The van der Waals surface area contributed by atoms with E-state index in [1.165, 1.54) is 29.0 Å². The van der Waals surface area contributed by atoms with Crippen LogP contribution in [0.25, 0.3) is 22.0 Å². The lowest BCUT2D eigenvalue weighted by Crippen LogP contribution is -2.24. The molecule has 0 amide bonds. The van der Waals surface area contributed by atoms with Crippen molar-refractivity contribution in [2.24, 2.45) is 0 Å². The van der Waals surface area contributed by atoms with Crippen LogP contribution in [0.2, 0.25) is 0 Å². The third kappa shape index (κ3) is 5.11. The Hall–Kier alpha value is -4.34. The average Bonchev–Trinajstić information content (AvgIpc) is 2.83. The molecule has 0 unspecified atom stereocenters. The Bertz CT molecular complexity index is 1430. The summed E-state index contributed by atoms with van der Waals surface area (Å²) in [5.74, 6) is -1.77. The van der Waals surface area contributed by atoms with Crippen molar-refractivity contribution in [3.8, 4) is 22.6 Å². The minimum atomic E-state index is -4.85. The lowest BCUT2D eigenvalue weighted by atomic mass is 10.0. The first kappa shape index (κ1) is 23.8. The number of methoxy groups -OCH3 is 1. The molecule has 0 aliphatic carbocycles. The standard InChI is InChI=1S/C25H19F3N2O5/c1-34-24(33)21-22(31)19-13-18(16-7-9-17(10-8-16)35-25(26,27)28)23(32)30(20(19)14-29-21)12-11-15-5-3-2-4-6-15/h2-10,13-14,31H,11-12H2,1H3. The molecule has 0 spiro atoms. The van der Waals surface area contributed by atoms with Crippen molar-refractivity contribution in [1.29, 1.82) is 0 Å². The normalized spacial score (nSPS) is 11.4. The molecule has 10 heteroatoms. The zero-order valence-electron chi connectivity index (χ0n) is 18.4. The lowest BCUT2D eigenvalue weighted by Gasteiger charge is -2.15. The molecule has 35 heavy (non-hydrogen) atoms. The van der Waals surface area contributed by atoms with Crippen LogP contribution in [0.3, 0.4) is 0 Å². The third-order valence-electron chi connectivity index (χ3n) is 5.37. The number of hydrogen-bond donors (Lipinski definition) is 1. The van der Waals surface area contributed by atoms with E-state index in [9.17, 15) is 27.9 Å². The minimum absolute atomic E-state index is 0.112. The zero-order valence-corrected chi connectivity index (χ0v) is 18.4. The molecule has 2 heterocycles. The number of carbonyl (C=O) groups is 1. The average molecular weight is 484 g/mol. The Morgan fingerprint density at radius 3 is 2.40 bits per heavy atom. The lowest BCUT2D eigenvalue weighted by molar-refractivity contribution is -0.274. The number of alkyl halides is 3. The van der Waals surface area contributed by atoms with E-state index in [2.05, 4.69) is 14.5 Å². The van der Waals surface area contributed by atoms with Crippen molar-refractivity contribution < 1.29 is 32.5 Å². The number of benzene rings is 2. The van der Waals surface area contributed by atoms with Gasteiger partial charge >= 0.3 is 12.3 Å². The number of aromatic nitrogens is 2. The molecule has 180 valence electrons. The number of nitrogens with zero attached hydrogens (tertiary/aromatic N) is 2. The Kier molecular flexibility index (Phi) is 6.46. The van der Waals surface area contributed by atoms with Gasteiger partial charge in [-0.2, -0.15) is 0 Å². The number of fused-ring (bicyclic) bond motifs is 1. The van der Waals surface area contributed by atoms with Gasteiger partial charge in [-0.25, -0.2) is 9.78 Å². The van der Waals surface area contributed by atoms with E-state index < -0.39 is 29.4 Å². The summed E-state index contributed by atoms with van der Waals surface area (Å²) in [6.45, 7) is 0.223. The Morgan fingerprint density at radius 2 is 1.77 bits per heavy atom. The van der Waals surface area contributed by atoms with Crippen LogP contribution in [-0.4, -0.2) is 34.1 Å². The predicted molar refractivity (Wildman–Crippen MR) is 121 cm³/mol. The highest BCUT2D eigenvalue weighted by Crippen LogP contribution is 2.31. The smallest absolute Gasteiger partial charge is 0.505 e. The molecular formula is C25H19F3N2O5. The zero-order chi connectivity index (χ0) is 25.2. The van der Waals surface area contributed by atoms with Crippen molar-refractivity contribution >= 4 is 16.9 Å². The first-order chi connectivity index (χ1) is 16.7. The second-order valence-electron chi connectivity index (χ2n) is 7.57. The van der Waals surface area contributed by atoms with Crippen LogP contribution in [-0.2, 0) is 17.7 Å². The number of pyridine rings is 2. The van der Waals surface area contributed by atoms with E-state index in [0.29, 0.717) is 12.0 Å². The summed E-state index contributed by atoms with van der Waals surface area (Å²) in [4.78, 5) is 29.5. The van der Waals surface area contributed by atoms with E-state index in [4.69, 9.17) is 0 Å². The summed E-state index contributed by atoms with van der Waals surface area (Å²) >= 11 is 0. The van der Waals surface area contributed by atoms with Crippen LogP contribution in [0.5, 0.6) is 11.5 Å². The van der Waals surface area contributed by atoms with Crippen LogP contribution in [0, 0.1) is 0 Å². The fraction of sp³-hybridized carbons (Fsp3) is 0.160. The van der Waals surface area contributed by atoms with Gasteiger partial charge in [0.2, 0.25) is 0 Å². The van der Waals surface area contributed by atoms with Crippen molar-refractivity contribution in [2.45, 2.75) is 19.3 Å². The summed E-state index contributed by atoms with van der Waals surface area (Å²) in [5.41, 5.74) is 0.905. The highest BCUT2D eigenvalue weighted by atomic mass is 19.4. The topological polar surface area (TPSA) is 90.7 Å². The molecule has 7 nitrogen and oxygen atoms in total. The molecule has 0 fully saturated rings. The minimum Gasteiger partial charge on any atom is -0.505 e. The SMILES string of the molecule is COC(=O)c1ncc2c(cc(-c3ccc(OC(F)(F)F)cc3)c(=O)n2CCc2ccccc2)c1O. The summed E-state index contributed by atoms with van der Waals surface area (Å²) in [7, 11) is 1.14. The number of rotatable bonds is 6. The number of aryl methyl sites for hydroxylation is 2. The number of esters is 1. The molecule has 0 bridgehead atoms. The highest BCUT2D eigenvalue weighted by Gasteiger charge is 2.31. The summed E-state index contributed by atoms with van der Waals surface area (Å²) < 4.78 is 47.5. The van der Waals surface area contributed by atoms with Gasteiger partial charge in [0.05, 0.1) is 18.8 Å². The van der Waals surface area contributed by atoms with Gasteiger partial charge in [0.1, 0.15) is 5.75 Å². The van der Waals surface area contributed by atoms with Gasteiger partial charge in [-0.3, -0.25) is 4.79 Å². The first-order valence-corrected chi connectivity index (χ1v) is 10.4. The van der Waals surface area contributed by atoms with Gasteiger partial charge in [0.25, 0.3) is 5.56 Å². The highest BCUT2D eigenvalue weighted by molar-refractivity contribution is 5.99. The molecule has 0 saturated carbocycles. The van der Waals surface area contributed by atoms with E-state index in [1.54, 1.807) is 0 Å². The molecule has 0 radical (unpaired) electrons. The van der Waals surface area contributed by atoms with Gasteiger partial charge in [0.15, 0.2) is 11.4 Å². The fourth-order valence-electron chi connectivity index (χ4n) is 3.72. The van der Waals surface area contributed by atoms with Gasteiger partial charge < -0.3 is 19.1 Å². The van der Waals surface area contributed by atoms with Gasteiger partial charge in [0, 0.05) is 17.5 Å². The largest absolute Gasteiger partial charge is 0.573 e. The molecule has 2 aromatic heterocycles. The van der Waals surface area contributed by atoms with E-state index >= 15 is 0 Å². The maximum Gasteiger partial charge on any atom is 0.573 e. The van der Waals surface area contributed by atoms with E-state index in [0.717, 1.165) is 24.8 Å². The Balaban J connectivity index is 1.86. The van der Waals surface area contributed by atoms with Crippen molar-refractivity contribution in [3.63, 3.8) is 0 Å². The number of ether oxygens (including phenoxy) is 2. The van der Waals surface area contributed by atoms with Crippen molar-refractivity contribution in [3.05, 3.63) is 88.5 Å². The molecule has 4 aromatic rings. The molecule has 2 aromatic carbocycles. The molecule has 0 atom stereocenters. The molecular weight excluding hydrogens is 465 g/mol. The first-order valence-electron chi connectivity index (χ1n) is 10.4. The maximum atomic E-state index is 13.5. The van der Waals surface area contributed by atoms with Crippen LogP contribution in [0.4, 0.5) is 13.2 Å². The van der Waals surface area contributed by atoms with Crippen LogP contribution in [0.1, 0.15) is 16.1 Å². The third-order valence-corrected chi connectivity index (χ3v) is 5.37. The molecule has 0 aliphatic heterocycles. The monoisotopic (exact) mass is 484 g/mol. The van der Waals surface area contributed by atoms with Gasteiger partial charge in [-0.15, -0.1) is 13.2 Å². The van der Waals surface area contributed by atoms with Gasteiger partial charge in [-0.05, 0) is 35.7 Å². The number of hydrogen-bond acceptors (Lipinski definition) is 6. The van der Waals surface area contributed by atoms with Crippen LogP contribution in [0.15, 0.2) is 71.7 Å². The number of halogens is 3. The van der Waals surface area contributed by atoms with Gasteiger partial charge in [-0.1, -0.05) is 42.5 Å². The fourth-order valence-corrected chi connectivity index (χ4v) is 3.72. The number of carbonyl (C=O) groups excluding carboxylic acids is 1. The second-order valence-corrected chi connectivity index (χ2v) is 7.57. The molecule has 1 N–H and O–H groups in total. The quantitative estimate of drug-likeness (QED) is 0.399.